The number of nitriles is 2. The fraction of sp³-hybridized carbons (Fsp3) is 0.158. The third kappa shape index (κ3) is 8.89. The standard InChI is InChI=1S/C38H34N4O2/c39-27-35-31(17-11-19-33(35)29-13-5-3-6-14-29)21-23-37(43)41-25-9-1-2-10-26-42-38(44)24-22-32-18-12-20-34(36(32)28-40)30-15-7-4-8-16-30/h3-8,11-24H,1-2,9-10,25-26H2,(H,41,43)(H,42,44). The molecule has 0 heterocycles. The molecule has 0 radical (unpaired) electrons. The largest absolute Gasteiger partial charge is 0.353 e. The highest BCUT2D eigenvalue weighted by molar-refractivity contribution is 5.93. The fourth-order valence-electron chi connectivity index (χ4n) is 4.86. The molecule has 0 fully saturated rings. The van der Waals surface area contributed by atoms with Gasteiger partial charge in [0.2, 0.25) is 11.8 Å². The van der Waals surface area contributed by atoms with E-state index < -0.39 is 0 Å². The highest BCUT2D eigenvalue weighted by atomic mass is 16.2. The van der Waals surface area contributed by atoms with E-state index in [1.807, 2.05) is 97.1 Å². The molecule has 0 atom stereocenters. The summed E-state index contributed by atoms with van der Waals surface area (Å²) in [7, 11) is 0. The zero-order chi connectivity index (χ0) is 31.0. The summed E-state index contributed by atoms with van der Waals surface area (Å²) in [6.45, 7) is 1.10. The number of nitrogens with one attached hydrogen (secondary N) is 2. The van der Waals surface area contributed by atoms with Gasteiger partial charge in [0.05, 0.1) is 11.1 Å². The number of hydrogen-bond donors (Lipinski definition) is 2. The Morgan fingerprint density at radius 3 is 1.34 bits per heavy atom. The lowest BCUT2D eigenvalue weighted by Gasteiger charge is -2.07. The topological polar surface area (TPSA) is 106 Å². The van der Waals surface area contributed by atoms with Crippen LogP contribution in [0.2, 0.25) is 0 Å². The van der Waals surface area contributed by atoms with Gasteiger partial charge in [-0.05, 0) is 47.2 Å². The summed E-state index contributed by atoms with van der Waals surface area (Å²) in [5.41, 5.74) is 6.06. The predicted molar refractivity (Wildman–Crippen MR) is 176 cm³/mol. The SMILES string of the molecule is N#Cc1c(C=CC(=O)NCCCCCCNC(=O)C=Cc2cccc(-c3ccccc3)c2C#N)cccc1-c1ccccc1. The van der Waals surface area contributed by atoms with Crippen molar-refractivity contribution in [1.29, 1.82) is 10.5 Å². The van der Waals surface area contributed by atoms with Gasteiger partial charge in [0, 0.05) is 36.4 Å². The molecular weight excluding hydrogens is 544 g/mol. The van der Waals surface area contributed by atoms with Crippen molar-refractivity contribution in [2.24, 2.45) is 0 Å². The first kappa shape index (κ1) is 31.2. The van der Waals surface area contributed by atoms with Crippen LogP contribution in [0.25, 0.3) is 34.4 Å². The van der Waals surface area contributed by atoms with Gasteiger partial charge in [0.25, 0.3) is 0 Å². The lowest BCUT2D eigenvalue weighted by atomic mass is 9.96. The molecule has 2 amide bonds. The molecular formula is C38H34N4O2. The van der Waals surface area contributed by atoms with Gasteiger partial charge in [0.15, 0.2) is 0 Å². The summed E-state index contributed by atoms with van der Waals surface area (Å²) < 4.78 is 0. The predicted octanol–water partition coefficient (Wildman–Crippen LogP) is 7.28. The Hall–Kier alpha value is -5.72. The molecule has 0 aliphatic heterocycles. The highest BCUT2D eigenvalue weighted by Gasteiger charge is 2.09. The van der Waals surface area contributed by atoms with Crippen LogP contribution in [0, 0.1) is 22.7 Å². The molecule has 218 valence electrons. The number of rotatable bonds is 13. The summed E-state index contributed by atoms with van der Waals surface area (Å²) in [6, 6.07) is 35.2. The molecule has 0 unspecified atom stereocenters. The monoisotopic (exact) mass is 578 g/mol. The van der Waals surface area contributed by atoms with Gasteiger partial charge in [-0.3, -0.25) is 9.59 Å². The summed E-state index contributed by atoms with van der Waals surface area (Å²) in [6.07, 6.45) is 9.79. The summed E-state index contributed by atoms with van der Waals surface area (Å²) in [5, 5.41) is 25.3. The molecule has 4 aromatic carbocycles. The molecule has 0 bridgehead atoms. The molecule has 4 aromatic rings. The van der Waals surface area contributed by atoms with E-state index in [0.29, 0.717) is 35.3 Å². The maximum atomic E-state index is 12.3. The van der Waals surface area contributed by atoms with Crippen molar-refractivity contribution < 1.29 is 9.59 Å². The lowest BCUT2D eigenvalue weighted by molar-refractivity contribution is -0.117. The van der Waals surface area contributed by atoms with Crippen LogP contribution in [0.3, 0.4) is 0 Å². The Morgan fingerprint density at radius 2 is 0.955 bits per heavy atom. The fourth-order valence-corrected chi connectivity index (χ4v) is 4.86. The van der Waals surface area contributed by atoms with E-state index >= 15 is 0 Å². The van der Waals surface area contributed by atoms with Crippen LogP contribution in [-0.4, -0.2) is 24.9 Å². The zero-order valence-electron chi connectivity index (χ0n) is 24.5. The molecule has 0 aliphatic rings. The van der Waals surface area contributed by atoms with Crippen molar-refractivity contribution in [3.63, 3.8) is 0 Å². The Labute approximate surface area is 259 Å². The Kier molecular flexibility index (Phi) is 11.8. The molecule has 0 aromatic heterocycles. The second kappa shape index (κ2) is 16.7. The van der Waals surface area contributed by atoms with E-state index in [1.165, 1.54) is 12.2 Å². The van der Waals surface area contributed by atoms with E-state index in [1.54, 1.807) is 12.2 Å². The van der Waals surface area contributed by atoms with Crippen molar-refractivity contribution in [2.45, 2.75) is 25.7 Å². The lowest BCUT2D eigenvalue weighted by Crippen LogP contribution is -2.23. The number of carbonyl (C=O) groups excluding carboxylic acids is 2. The van der Waals surface area contributed by atoms with E-state index in [-0.39, 0.29) is 11.8 Å². The van der Waals surface area contributed by atoms with E-state index in [2.05, 4.69) is 22.8 Å². The van der Waals surface area contributed by atoms with Crippen molar-refractivity contribution in [1.82, 2.24) is 10.6 Å². The minimum atomic E-state index is -0.202. The van der Waals surface area contributed by atoms with Gasteiger partial charge < -0.3 is 10.6 Å². The molecule has 0 saturated heterocycles. The van der Waals surface area contributed by atoms with Gasteiger partial charge in [-0.2, -0.15) is 10.5 Å². The van der Waals surface area contributed by atoms with Gasteiger partial charge in [-0.25, -0.2) is 0 Å². The summed E-state index contributed by atoms with van der Waals surface area (Å²) >= 11 is 0. The van der Waals surface area contributed by atoms with E-state index in [0.717, 1.165) is 47.9 Å². The van der Waals surface area contributed by atoms with Crippen LogP contribution < -0.4 is 10.6 Å². The van der Waals surface area contributed by atoms with Crippen LogP contribution in [0.1, 0.15) is 47.9 Å². The van der Waals surface area contributed by atoms with Crippen molar-refractivity contribution in [2.75, 3.05) is 13.1 Å². The minimum Gasteiger partial charge on any atom is -0.353 e. The number of carbonyl (C=O) groups is 2. The van der Waals surface area contributed by atoms with Crippen molar-refractivity contribution >= 4 is 24.0 Å². The first-order valence-corrected chi connectivity index (χ1v) is 14.7. The average Bonchev–Trinajstić information content (AvgIpc) is 3.07. The molecule has 2 N–H and O–H groups in total. The maximum Gasteiger partial charge on any atom is 0.243 e. The first-order valence-electron chi connectivity index (χ1n) is 14.7. The first-order chi connectivity index (χ1) is 21.6. The van der Waals surface area contributed by atoms with E-state index in [9.17, 15) is 20.1 Å². The molecule has 4 rings (SSSR count). The van der Waals surface area contributed by atoms with Crippen LogP contribution in [0.5, 0.6) is 0 Å². The van der Waals surface area contributed by atoms with Crippen molar-refractivity contribution in [3.05, 3.63) is 131 Å². The maximum absolute atomic E-state index is 12.3. The van der Waals surface area contributed by atoms with Crippen LogP contribution >= 0.6 is 0 Å². The van der Waals surface area contributed by atoms with Crippen LogP contribution in [0.15, 0.2) is 109 Å². The Morgan fingerprint density at radius 1 is 0.545 bits per heavy atom. The van der Waals surface area contributed by atoms with Crippen molar-refractivity contribution in [3.8, 4) is 34.4 Å². The third-order valence-electron chi connectivity index (χ3n) is 7.12. The number of amides is 2. The van der Waals surface area contributed by atoms with E-state index in [4.69, 9.17) is 0 Å². The average molecular weight is 579 g/mol. The van der Waals surface area contributed by atoms with Crippen LogP contribution in [-0.2, 0) is 9.59 Å². The molecule has 6 heteroatoms. The Bertz CT molecular complexity index is 1580. The zero-order valence-corrected chi connectivity index (χ0v) is 24.5. The number of nitrogens with zero attached hydrogens (tertiary/aromatic N) is 2. The second-order valence-electron chi connectivity index (χ2n) is 10.2. The molecule has 44 heavy (non-hydrogen) atoms. The quantitative estimate of drug-likeness (QED) is 0.128. The Balaban J connectivity index is 1.14. The van der Waals surface area contributed by atoms with Crippen LogP contribution in [0.4, 0.5) is 0 Å². The van der Waals surface area contributed by atoms with Gasteiger partial charge in [-0.15, -0.1) is 0 Å². The number of unbranched alkanes of at least 4 members (excludes halogenated alkanes) is 3. The normalized spacial score (nSPS) is 10.8. The third-order valence-corrected chi connectivity index (χ3v) is 7.12. The van der Waals surface area contributed by atoms with Gasteiger partial charge in [0.1, 0.15) is 12.1 Å². The molecule has 0 spiro atoms. The molecule has 6 nitrogen and oxygen atoms in total. The van der Waals surface area contributed by atoms with Gasteiger partial charge in [-0.1, -0.05) is 110 Å². The molecule has 0 aliphatic carbocycles. The smallest absolute Gasteiger partial charge is 0.243 e. The summed E-state index contributed by atoms with van der Waals surface area (Å²) in [4.78, 5) is 24.6. The summed E-state index contributed by atoms with van der Waals surface area (Å²) in [5.74, 6) is -0.404. The highest BCUT2D eigenvalue weighted by Crippen LogP contribution is 2.27. The number of hydrogen-bond acceptors (Lipinski definition) is 4. The van der Waals surface area contributed by atoms with Gasteiger partial charge >= 0.3 is 0 Å². The number of benzene rings is 4. The molecule has 0 saturated carbocycles. The second-order valence-corrected chi connectivity index (χ2v) is 10.2. The minimum absolute atomic E-state index is 0.202.